The number of hydrogen-bond acceptors (Lipinski definition) is 1. The van der Waals surface area contributed by atoms with Crippen molar-refractivity contribution in [2.24, 2.45) is 4.74 Å². The Morgan fingerprint density at radius 1 is 1.08 bits per heavy atom. The summed E-state index contributed by atoms with van der Waals surface area (Å²) in [5.74, 6) is -2.19. The van der Waals surface area contributed by atoms with E-state index in [-0.39, 0.29) is 8.70 Å². The first-order chi connectivity index (χ1) is 4.96. The second-order valence-corrected chi connectivity index (χ2v) is 12.8. The van der Waals surface area contributed by atoms with E-state index in [4.69, 9.17) is 22.5 Å². The van der Waals surface area contributed by atoms with E-state index in [9.17, 15) is 0 Å². The maximum Gasteiger partial charge on any atom is 0.143 e. The number of halogens is 3. The molecule has 0 unspecified atom stereocenters. The third-order valence-electron chi connectivity index (χ3n) is 1.17. The zero-order valence-corrected chi connectivity index (χ0v) is 12.6. The summed E-state index contributed by atoms with van der Waals surface area (Å²) in [5, 5.41) is -0.126. The Kier molecular flexibility index (Phi) is 4.47. The summed E-state index contributed by atoms with van der Waals surface area (Å²) in [6.45, 7) is 10.1. The van der Waals surface area contributed by atoms with Gasteiger partial charge in [0.25, 0.3) is 0 Å². The zero-order valence-electron chi connectivity index (χ0n) is 8.03. The van der Waals surface area contributed by atoms with Gasteiger partial charge in [-0.25, -0.2) is 0 Å². The number of alkyl halides is 1. The molecule has 12 heavy (non-hydrogen) atoms. The minimum atomic E-state index is -2.19. The highest BCUT2D eigenvalue weighted by Gasteiger charge is 2.32. The molecule has 0 heterocycles. The molecule has 0 saturated carbocycles. The molecule has 0 aliphatic rings. The molecule has 0 aromatic heterocycles. The van der Waals surface area contributed by atoms with Crippen LogP contribution in [0.25, 0.3) is 0 Å². The third-order valence-corrected chi connectivity index (χ3v) is 7.65. The molecule has 0 saturated heterocycles. The predicted octanol–water partition coefficient (Wildman–Crippen LogP) is 5.46. The Bertz CT molecular complexity index is 208. The molecule has 5 heteroatoms. The van der Waals surface area contributed by atoms with Gasteiger partial charge in [-0.2, -0.15) is 0 Å². The smallest absolute Gasteiger partial charge is 0.143 e. The van der Waals surface area contributed by atoms with Crippen LogP contribution in [0.2, 0.25) is 0 Å². The number of rotatable bonds is 1. The summed E-state index contributed by atoms with van der Waals surface area (Å²) in [6, 6.07) is 0. The Morgan fingerprint density at radius 3 is 1.50 bits per heavy atom. The van der Waals surface area contributed by atoms with E-state index in [0.717, 1.165) is 0 Å². The Balaban J connectivity index is 4.99. The fraction of sp³-hybridized carbons (Fsp3) is 1.00. The highest BCUT2D eigenvalue weighted by atomic mass is 127. The number of hydrogen-bond donors (Lipinski definition) is 0. The van der Waals surface area contributed by atoms with Crippen molar-refractivity contribution in [3.05, 3.63) is 0 Å². The van der Waals surface area contributed by atoms with Crippen molar-refractivity contribution >= 4 is 50.8 Å². The van der Waals surface area contributed by atoms with Crippen LogP contribution < -0.4 is 0 Å². The van der Waals surface area contributed by atoms with Crippen LogP contribution >= 0.6 is 50.8 Å². The lowest BCUT2D eigenvalue weighted by molar-refractivity contribution is 0.766. The van der Waals surface area contributed by atoms with Gasteiger partial charge in [0.1, 0.15) is 9.31 Å². The van der Waals surface area contributed by atoms with Gasteiger partial charge in [-0.3, -0.25) is 4.74 Å². The molecule has 0 rings (SSSR count). The van der Waals surface area contributed by atoms with E-state index in [1.807, 2.05) is 34.6 Å². The quantitative estimate of drug-likeness (QED) is 0.260. The van der Waals surface area contributed by atoms with E-state index in [1.165, 1.54) is 0 Å². The minimum absolute atomic E-state index is 0.126. The molecule has 74 valence electrons. The number of nitrogens with zero attached hydrogens (tertiary/aromatic N) is 1. The molecule has 1 nitrogen and oxygen atoms in total. The van der Waals surface area contributed by atoms with Crippen molar-refractivity contribution in [1.82, 2.24) is 0 Å². The molecule has 0 aromatic rings. The van der Waals surface area contributed by atoms with Gasteiger partial charge in [-0.05, 0) is 13.8 Å². The fourth-order valence-corrected chi connectivity index (χ4v) is 4.22. The van der Waals surface area contributed by atoms with Crippen LogP contribution in [0.3, 0.4) is 0 Å². The van der Waals surface area contributed by atoms with Crippen molar-refractivity contribution < 1.29 is 0 Å². The lowest BCUT2D eigenvalue weighted by Crippen LogP contribution is -2.12. The van der Waals surface area contributed by atoms with Crippen molar-refractivity contribution in [3.8, 4) is 0 Å². The Morgan fingerprint density at radius 2 is 1.42 bits per heavy atom. The van der Waals surface area contributed by atoms with Gasteiger partial charge >= 0.3 is 0 Å². The van der Waals surface area contributed by atoms with Gasteiger partial charge in [0.05, 0.1) is 0 Å². The van der Waals surface area contributed by atoms with Crippen LogP contribution in [0, 0.1) is 0 Å². The topological polar surface area (TPSA) is 12.4 Å². The maximum absolute atomic E-state index is 6.20. The average molecular weight is 342 g/mol. The van der Waals surface area contributed by atoms with Crippen LogP contribution in [0.4, 0.5) is 0 Å². The molecule has 0 amide bonds. The normalized spacial score (nSPS) is 14.7. The molecule has 0 bridgehead atoms. The van der Waals surface area contributed by atoms with Crippen LogP contribution in [-0.4, -0.2) is 8.70 Å². The van der Waals surface area contributed by atoms with Crippen molar-refractivity contribution in [2.75, 3.05) is 0 Å². The standard InChI is InChI=1S/C7H15Cl2INP/c1-6(2,3)12(8,9)11-7(4,5)10/h1-5H3. The van der Waals surface area contributed by atoms with E-state index >= 15 is 0 Å². The van der Waals surface area contributed by atoms with Crippen molar-refractivity contribution in [3.63, 3.8) is 0 Å². The van der Waals surface area contributed by atoms with E-state index in [0.29, 0.717) is 0 Å². The summed E-state index contributed by atoms with van der Waals surface area (Å²) in [5.41, 5.74) is 0. The predicted molar refractivity (Wildman–Crippen MR) is 68.9 cm³/mol. The monoisotopic (exact) mass is 341 g/mol. The molecule has 0 radical (unpaired) electrons. The average Bonchev–Trinajstić information content (AvgIpc) is 1.52. The lowest BCUT2D eigenvalue weighted by atomic mass is 10.3. The van der Waals surface area contributed by atoms with Crippen LogP contribution in [0.5, 0.6) is 0 Å². The second kappa shape index (κ2) is 3.96. The summed E-state index contributed by atoms with van der Waals surface area (Å²) in [6.07, 6.45) is 0. The highest BCUT2D eigenvalue weighted by Crippen LogP contribution is 2.70. The first kappa shape index (κ1) is 13.5. The summed E-state index contributed by atoms with van der Waals surface area (Å²) in [7, 11) is 0. The first-order valence-corrected chi connectivity index (χ1v) is 8.30. The van der Waals surface area contributed by atoms with E-state index < -0.39 is 5.76 Å². The zero-order chi connectivity index (χ0) is 10.2. The van der Waals surface area contributed by atoms with Crippen molar-refractivity contribution in [2.45, 2.75) is 43.3 Å². The van der Waals surface area contributed by atoms with Gasteiger partial charge < -0.3 is 0 Å². The van der Waals surface area contributed by atoms with E-state index in [1.54, 1.807) is 0 Å². The molecule has 0 aliphatic carbocycles. The molecular formula is C7H15Cl2INP. The van der Waals surface area contributed by atoms with Crippen LogP contribution in [0.15, 0.2) is 4.74 Å². The fourth-order valence-electron chi connectivity index (χ4n) is 0.449. The van der Waals surface area contributed by atoms with Gasteiger partial charge in [0, 0.05) is 5.16 Å². The summed E-state index contributed by atoms with van der Waals surface area (Å²) >= 11 is 14.6. The molecule has 0 aromatic carbocycles. The van der Waals surface area contributed by atoms with Gasteiger partial charge in [-0.1, -0.05) is 65.8 Å². The Hall–Kier alpha value is 1.54. The minimum Gasteiger partial charge on any atom is -0.256 e. The summed E-state index contributed by atoms with van der Waals surface area (Å²) in [4.78, 5) is 0. The molecule has 0 N–H and O–H groups in total. The van der Waals surface area contributed by atoms with Gasteiger partial charge in [0.15, 0.2) is 0 Å². The van der Waals surface area contributed by atoms with E-state index in [2.05, 4.69) is 27.3 Å². The van der Waals surface area contributed by atoms with Crippen molar-refractivity contribution in [1.29, 1.82) is 0 Å². The van der Waals surface area contributed by atoms with Crippen LogP contribution in [0.1, 0.15) is 34.6 Å². The second-order valence-electron chi connectivity index (χ2n) is 4.16. The molecule has 0 spiro atoms. The first-order valence-electron chi connectivity index (χ1n) is 3.67. The Labute approximate surface area is 98.4 Å². The highest BCUT2D eigenvalue weighted by molar-refractivity contribution is 14.1. The SMILES string of the molecule is CC(C)(I)N=P(Cl)(Cl)C(C)(C)C. The molecule has 0 aliphatic heterocycles. The largest absolute Gasteiger partial charge is 0.256 e. The van der Waals surface area contributed by atoms with Gasteiger partial charge in [0.2, 0.25) is 0 Å². The van der Waals surface area contributed by atoms with Gasteiger partial charge in [-0.15, -0.1) is 0 Å². The maximum atomic E-state index is 6.20. The molecular weight excluding hydrogens is 327 g/mol. The summed E-state index contributed by atoms with van der Waals surface area (Å²) < 4.78 is 4.26. The third kappa shape index (κ3) is 4.69. The molecule has 0 atom stereocenters. The lowest BCUT2D eigenvalue weighted by Gasteiger charge is -2.28. The van der Waals surface area contributed by atoms with Crippen LogP contribution in [-0.2, 0) is 0 Å². The molecule has 0 fully saturated rings.